The quantitative estimate of drug-likeness (QED) is 0.216. The van der Waals surface area contributed by atoms with Crippen LogP contribution in [-0.2, 0) is 26.2 Å². The molecular formula is C36H36N6O7. The van der Waals surface area contributed by atoms with Gasteiger partial charge >= 0.3 is 0 Å². The Hall–Kier alpha value is -5.48. The normalized spacial score (nSPS) is 22.5. The number of aromatic nitrogens is 2. The number of nitrogens with zero attached hydrogens (tertiary/aromatic N) is 3. The fraction of sp³-hybridized carbons (Fsp3) is 0.389. The van der Waals surface area contributed by atoms with Crippen LogP contribution < -0.4 is 20.7 Å². The van der Waals surface area contributed by atoms with Gasteiger partial charge in [0.25, 0.3) is 5.89 Å². The molecule has 0 fully saturated rings. The average Bonchev–Trinajstić information content (AvgIpc) is 3.81. The SMILES string of the molecule is CC(=O)Nc1oc(-c2nc3oc2C24c5ccccc5N[C@H]2Oc2ccc(cc24)CC(CC(=O)[C@@H](O)C(C)C)C(=O)N[C@H]3C(C)C)nc1C#N. The minimum atomic E-state index is -1.20. The molecule has 7 rings (SSSR count). The molecule has 49 heavy (non-hydrogen) atoms. The number of fused-ring (bicyclic) bond motifs is 4. The van der Waals surface area contributed by atoms with Gasteiger partial charge in [0.15, 0.2) is 23.5 Å². The highest BCUT2D eigenvalue weighted by Gasteiger charge is 2.61. The number of anilines is 2. The number of carbonyl (C=O) groups is 3. The molecule has 13 nitrogen and oxygen atoms in total. The number of ketones is 1. The number of rotatable bonds is 7. The van der Waals surface area contributed by atoms with E-state index >= 15 is 0 Å². The molecule has 4 aromatic rings. The Bertz CT molecular complexity index is 2040. The summed E-state index contributed by atoms with van der Waals surface area (Å²) < 4.78 is 19.4. The number of oxazole rings is 2. The Labute approximate surface area is 282 Å². The number of Topliss-reactive ketones (excluding diaryl/α,β-unsaturated/α-hetero) is 1. The average molecular weight is 665 g/mol. The van der Waals surface area contributed by atoms with Gasteiger partial charge < -0.3 is 29.3 Å². The van der Waals surface area contributed by atoms with E-state index in [1.807, 2.05) is 62.4 Å². The summed E-state index contributed by atoms with van der Waals surface area (Å²) >= 11 is 0. The lowest BCUT2D eigenvalue weighted by Gasteiger charge is -2.28. The summed E-state index contributed by atoms with van der Waals surface area (Å²) in [6.45, 7) is 8.62. The van der Waals surface area contributed by atoms with E-state index < -0.39 is 47.3 Å². The van der Waals surface area contributed by atoms with E-state index in [1.54, 1.807) is 13.8 Å². The van der Waals surface area contributed by atoms with Crippen LogP contribution >= 0.6 is 0 Å². The van der Waals surface area contributed by atoms with Crippen molar-refractivity contribution in [3.05, 3.63) is 76.5 Å². The van der Waals surface area contributed by atoms with Gasteiger partial charge in [-0.15, -0.1) is 0 Å². The number of hydrogen-bond acceptors (Lipinski definition) is 11. The van der Waals surface area contributed by atoms with Crippen molar-refractivity contribution in [1.82, 2.24) is 15.3 Å². The molecule has 4 N–H and O–H groups in total. The van der Waals surface area contributed by atoms with E-state index in [4.69, 9.17) is 18.6 Å². The first-order valence-electron chi connectivity index (χ1n) is 16.3. The first-order chi connectivity index (χ1) is 23.4. The van der Waals surface area contributed by atoms with Gasteiger partial charge in [-0.25, -0.2) is 4.98 Å². The van der Waals surface area contributed by atoms with Crippen molar-refractivity contribution in [3.63, 3.8) is 0 Å². The van der Waals surface area contributed by atoms with E-state index in [1.165, 1.54) is 6.92 Å². The molecule has 0 saturated heterocycles. The summed E-state index contributed by atoms with van der Waals surface area (Å²) in [5.74, 6) is -1.74. The Balaban J connectivity index is 1.49. The Morgan fingerprint density at radius 3 is 2.59 bits per heavy atom. The highest BCUT2D eigenvalue weighted by atomic mass is 16.5. The third-order valence-corrected chi connectivity index (χ3v) is 9.46. The molecular weight excluding hydrogens is 628 g/mol. The van der Waals surface area contributed by atoms with Gasteiger partial charge in [0, 0.05) is 30.5 Å². The first-order valence-corrected chi connectivity index (χ1v) is 16.3. The van der Waals surface area contributed by atoms with Crippen molar-refractivity contribution in [2.24, 2.45) is 17.8 Å². The third kappa shape index (κ3) is 5.14. The molecule has 5 heterocycles. The fourth-order valence-corrected chi connectivity index (χ4v) is 7.04. The van der Waals surface area contributed by atoms with Gasteiger partial charge in [0.2, 0.25) is 29.3 Å². The van der Waals surface area contributed by atoms with Gasteiger partial charge in [0.1, 0.15) is 29.4 Å². The van der Waals surface area contributed by atoms with Crippen LogP contribution in [0.5, 0.6) is 5.75 Å². The number of benzene rings is 2. The van der Waals surface area contributed by atoms with E-state index in [9.17, 15) is 24.8 Å². The molecule has 2 aromatic carbocycles. The van der Waals surface area contributed by atoms with Crippen LogP contribution in [-0.4, -0.2) is 45.0 Å². The summed E-state index contributed by atoms with van der Waals surface area (Å²) in [7, 11) is 0. The molecule has 4 bridgehead atoms. The summed E-state index contributed by atoms with van der Waals surface area (Å²) in [5, 5.41) is 29.5. The monoisotopic (exact) mass is 664 g/mol. The van der Waals surface area contributed by atoms with Crippen LogP contribution in [0.4, 0.5) is 11.6 Å². The number of nitriles is 1. The van der Waals surface area contributed by atoms with Gasteiger partial charge in [-0.2, -0.15) is 10.2 Å². The Morgan fingerprint density at radius 2 is 1.88 bits per heavy atom. The highest BCUT2D eigenvalue weighted by Crippen LogP contribution is 2.59. The molecule has 3 aliphatic rings. The lowest BCUT2D eigenvalue weighted by molar-refractivity contribution is -0.135. The second-order valence-electron chi connectivity index (χ2n) is 13.5. The number of nitrogens with one attached hydrogen (secondary N) is 3. The smallest absolute Gasteiger partial charge is 0.252 e. The highest BCUT2D eigenvalue weighted by molar-refractivity contribution is 5.90. The number of para-hydroxylation sites is 1. The maximum Gasteiger partial charge on any atom is 0.252 e. The van der Waals surface area contributed by atoms with E-state index in [-0.39, 0.29) is 53.7 Å². The lowest BCUT2D eigenvalue weighted by Crippen LogP contribution is -2.41. The Morgan fingerprint density at radius 1 is 1.10 bits per heavy atom. The number of aliphatic hydroxyl groups excluding tert-OH is 1. The van der Waals surface area contributed by atoms with Crippen LogP contribution in [0.1, 0.15) is 81.1 Å². The van der Waals surface area contributed by atoms with Crippen molar-refractivity contribution >= 4 is 29.2 Å². The van der Waals surface area contributed by atoms with Crippen LogP contribution in [0.15, 0.2) is 51.3 Å². The number of amides is 2. The van der Waals surface area contributed by atoms with Gasteiger partial charge in [-0.1, -0.05) is 58.0 Å². The fourth-order valence-electron chi connectivity index (χ4n) is 7.04. The maximum absolute atomic E-state index is 14.1. The first kappa shape index (κ1) is 32.1. The second-order valence-corrected chi connectivity index (χ2v) is 13.5. The molecule has 252 valence electrons. The van der Waals surface area contributed by atoms with Gasteiger partial charge in [0.05, 0.1) is 0 Å². The van der Waals surface area contributed by atoms with Crippen LogP contribution in [0.3, 0.4) is 0 Å². The number of aliphatic hydroxyl groups is 1. The molecule has 2 aromatic heterocycles. The topological polar surface area (TPSA) is 193 Å². The molecule has 0 saturated carbocycles. The molecule has 2 amide bonds. The summed E-state index contributed by atoms with van der Waals surface area (Å²) in [4.78, 5) is 48.5. The van der Waals surface area contributed by atoms with E-state index in [0.717, 1.165) is 22.4 Å². The number of hydrogen-bond donors (Lipinski definition) is 4. The molecule has 5 atom stereocenters. The van der Waals surface area contributed by atoms with Crippen molar-refractivity contribution in [3.8, 4) is 23.4 Å². The minimum absolute atomic E-state index is 0.0674. The molecule has 2 unspecified atom stereocenters. The zero-order chi connectivity index (χ0) is 34.8. The second kappa shape index (κ2) is 11.9. The Kier molecular flexibility index (Phi) is 7.79. The molecule has 13 heteroatoms. The van der Waals surface area contributed by atoms with Crippen molar-refractivity contribution in [2.45, 2.75) is 71.2 Å². The van der Waals surface area contributed by atoms with Crippen molar-refractivity contribution in [2.75, 3.05) is 10.6 Å². The molecule has 0 radical (unpaired) electrons. The summed E-state index contributed by atoms with van der Waals surface area (Å²) in [6, 6.07) is 14.6. The van der Waals surface area contributed by atoms with Crippen molar-refractivity contribution in [1.29, 1.82) is 5.26 Å². The standard InChI is InChI=1S/C36H36N6O7/c1-16(2)27-33-42-28(34-39-24(15-37)32(49-34)38-18(5)43)30(48-33)36-21-8-6-7-9-23(21)40-35(36)47-26-11-10-19(13-22(26)36)12-20(31(46)41-27)14-25(44)29(45)17(3)4/h6-11,13,16-17,20,27,29,35,40,45H,12,14H2,1-5H3,(H,38,43)(H,41,46)/t20?,27-,29-,35-,36?/m0/s1. The predicted molar refractivity (Wildman–Crippen MR) is 175 cm³/mol. The number of carbonyl (C=O) groups excluding carboxylic acids is 3. The molecule has 1 spiro atoms. The number of ether oxygens (including phenoxy) is 1. The minimum Gasteiger partial charge on any atom is -0.469 e. The summed E-state index contributed by atoms with van der Waals surface area (Å²) in [6.07, 6.45) is -1.83. The van der Waals surface area contributed by atoms with E-state index in [0.29, 0.717) is 11.5 Å². The zero-order valence-electron chi connectivity index (χ0n) is 27.7. The van der Waals surface area contributed by atoms with Gasteiger partial charge in [-0.3, -0.25) is 19.7 Å². The predicted octanol–water partition coefficient (Wildman–Crippen LogP) is 4.60. The van der Waals surface area contributed by atoms with Crippen LogP contribution in [0.25, 0.3) is 11.6 Å². The third-order valence-electron chi connectivity index (χ3n) is 9.46. The zero-order valence-corrected chi connectivity index (χ0v) is 27.7. The molecule has 3 aliphatic heterocycles. The molecule has 0 aliphatic carbocycles. The van der Waals surface area contributed by atoms with Crippen molar-refractivity contribution < 1.29 is 33.1 Å². The maximum atomic E-state index is 14.1. The van der Waals surface area contributed by atoms with Gasteiger partial charge in [-0.05, 0) is 41.5 Å². The summed E-state index contributed by atoms with van der Waals surface area (Å²) in [5.41, 5.74) is 2.04. The van der Waals surface area contributed by atoms with Crippen LogP contribution in [0, 0.1) is 29.1 Å². The largest absolute Gasteiger partial charge is 0.469 e. The lowest BCUT2D eigenvalue weighted by atomic mass is 9.72. The van der Waals surface area contributed by atoms with Crippen LogP contribution in [0.2, 0.25) is 0 Å². The van der Waals surface area contributed by atoms with E-state index in [2.05, 4.69) is 20.9 Å².